The molecule has 0 saturated carbocycles. The zero-order valence-corrected chi connectivity index (χ0v) is 11.6. The average molecular weight is 297 g/mol. The Morgan fingerprint density at radius 2 is 2.32 bits per heavy atom. The van der Waals surface area contributed by atoms with Crippen LogP contribution in [0, 0.1) is 0 Å². The van der Waals surface area contributed by atoms with Crippen LogP contribution in [0.1, 0.15) is 16.0 Å². The van der Waals surface area contributed by atoms with Crippen molar-refractivity contribution in [1.82, 2.24) is 10.3 Å². The number of hydrogen-bond acceptors (Lipinski definition) is 5. The topological polar surface area (TPSA) is 83.5 Å². The molecule has 0 aliphatic rings. The minimum Gasteiger partial charge on any atom is -0.409 e. The second kappa shape index (κ2) is 6.51. The predicted molar refractivity (Wildman–Crippen MR) is 76.6 cm³/mol. The summed E-state index contributed by atoms with van der Waals surface area (Å²) in [5.74, 6) is 0.0473. The molecule has 1 aromatic heterocycles. The highest BCUT2D eigenvalue weighted by atomic mass is 35.5. The molecule has 0 aliphatic heterocycles. The van der Waals surface area contributed by atoms with Crippen LogP contribution >= 0.6 is 22.9 Å². The first-order valence-corrected chi connectivity index (χ1v) is 6.81. The van der Waals surface area contributed by atoms with Gasteiger partial charge >= 0.3 is 0 Å². The molecule has 0 bridgehead atoms. The van der Waals surface area contributed by atoms with E-state index in [1.54, 1.807) is 29.0 Å². The van der Waals surface area contributed by atoms with Gasteiger partial charge < -0.3 is 16.3 Å². The molecular weight excluding hydrogens is 284 g/mol. The summed E-state index contributed by atoms with van der Waals surface area (Å²) < 4.78 is 0. The Balaban J connectivity index is 1.97. The van der Waals surface area contributed by atoms with Crippen LogP contribution in [-0.2, 0) is 13.1 Å². The predicted octanol–water partition coefficient (Wildman–Crippen LogP) is 2.18. The smallest absolute Gasteiger partial charge is 0.170 e. The lowest BCUT2D eigenvalue weighted by Gasteiger charge is -2.07. The summed E-state index contributed by atoms with van der Waals surface area (Å²) in [4.78, 5) is 5.18. The highest BCUT2D eigenvalue weighted by Crippen LogP contribution is 2.18. The van der Waals surface area contributed by atoms with Crippen molar-refractivity contribution in [3.63, 3.8) is 0 Å². The van der Waals surface area contributed by atoms with E-state index in [1.807, 2.05) is 12.3 Å². The van der Waals surface area contributed by atoms with Crippen LogP contribution in [0.15, 0.2) is 35.1 Å². The third-order valence-corrected chi connectivity index (χ3v) is 3.69. The number of benzene rings is 1. The summed E-state index contributed by atoms with van der Waals surface area (Å²) in [6.45, 7) is 1.40. The molecule has 0 radical (unpaired) electrons. The summed E-state index contributed by atoms with van der Waals surface area (Å²) in [5.41, 5.74) is 8.85. The largest absolute Gasteiger partial charge is 0.409 e. The quantitative estimate of drug-likeness (QED) is 0.342. The van der Waals surface area contributed by atoms with Gasteiger partial charge in [0.15, 0.2) is 5.84 Å². The number of nitrogens with two attached hydrogens (primary N) is 1. The fraction of sp³-hybridized carbons (Fsp3) is 0.167. The fourth-order valence-corrected chi connectivity index (χ4v) is 2.37. The van der Waals surface area contributed by atoms with E-state index in [0.717, 1.165) is 12.1 Å². The molecule has 1 aromatic carbocycles. The van der Waals surface area contributed by atoms with Crippen molar-refractivity contribution in [1.29, 1.82) is 0 Å². The first-order chi connectivity index (χ1) is 9.20. The maximum Gasteiger partial charge on any atom is 0.170 e. The fourth-order valence-electron chi connectivity index (χ4n) is 1.56. The molecule has 0 fully saturated rings. The number of aromatic nitrogens is 1. The number of hydrogen-bond donors (Lipinski definition) is 3. The van der Waals surface area contributed by atoms with Crippen molar-refractivity contribution in [2.75, 3.05) is 0 Å². The van der Waals surface area contributed by atoms with Crippen molar-refractivity contribution in [2.45, 2.75) is 13.1 Å². The van der Waals surface area contributed by atoms with Crippen molar-refractivity contribution >= 4 is 28.8 Å². The highest BCUT2D eigenvalue weighted by Gasteiger charge is 2.05. The number of oxime groups is 1. The van der Waals surface area contributed by atoms with Gasteiger partial charge in [-0.05, 0) is 11.6 Å². The molecule has 0 spiro atoms. The molecular formula is C12H13ClN4OS. The zero-order chi connectivity index (χ0) is 13.7. The number of rotatable bonds is 5. The van der Waals surface area contributed by atoms with E-state index in [2.05, 4.69) is 15.5 Å². The van der Waals surface area contributed by atoms with Crippen LogP contribution in [0.25, 0.3) is 0 Å². The number of thiazole rings is 1. The molecule has 0 aliphatic carbocycles. The van der Waals surface area contributed by atoms with E-state index in [0.29, 0.717) is 17.1 Å². The molecule has 2 aromatic rings. The molecule has 2 rings (SSSR count). The summed E-state index contributed by atoms with van der Waals surface area (Å²) in [7, 11) is 0. The second-order valence-electron chi connectivity index (χ2n) is 3.86. The van der Waals surface area contributed by atoms with Crippen LogP contribution in [0.2, 0.25) is 5.02 Å². The summed E-state index contributed by atoms with van der Waals surface area (Å²) in [6.07, 6.45) is 1.83. The van der Waals surface area contributed by atoms with Gasteiger partial charge in [0.1, 0.15) is 0 Å². The van der Waals surface area contributed by atoms with Gasteiger partial charge in [0.2, 0.25) is 0 Å². The van der Waals surface area contributed by atoms with Crippen molar-refractivity contribution in [2.24, 2.45) is 10.9 Å². The molecule has 7 heteroatoms. The SMILES string of the molecule is N/C(=N/O)c1ccc(CNCc2cncs2)c(Cl)c1. The van der Waals surface area contributed by atoms with E-state index >= 15 is 0 Å². The molecule has 0 amide bonds. The Hall–Kier alpha value is -1.63. The van der Waals surface area contributed by atoms with Crippen molar-refractivity contribution in [3.05, 3.63) is 50.9 Å². The summed E-state index contributed by atoms with van der Waals surface area (Å²) >= 11 is 7.75. The summed E-state index contributed by atoms with van der Waals surface area (Å²) in [5, 5.41) is 15.4. The zero-order valence-electron chi connectivity index (χ0n) is 10.0. The van der Waals surface area contributed by atoms with Gasteiger partial charge in [-0.3, -0.25) is 4.98 Å². The maximum absolute atomic E-state index is 8.60. The lowest BCUT2D eigenvalue weighted by Crippen LogP contribution is -2.15. The van der Waals surface area contributed by atoms with Crippen LogP contribution in [-0.4, -0.2) is 16.0 Å². The Kier molecular flexibility index (Phi) is 4.73. The lowest BCUT2D eigenvalue weighted by molar-refractivity contribution is 0.318. The standard InChI is InChI=1S/C12H13ClN4OS/c13-11-3-8(12(14)17-18)1-2-9(11)4-15-5-10-6-16-7-19-10/h1-3,6-7,15,18H,4-5H2,(H2,14,17). The molecule has 4 N–H and O–H groups in total. The molecule has 100 valence electrons. The van der Waals surface area contributed by atoms with Crippen molar-refractivity contribution in [3.8, 4) is 0 Å². The van der Waals surface area contributed by atoms with Gasteiger partial charge in [0.05, 0.1) is 5.51 Å². The number of halogens is 1. The van der Waals surface area contributed by atoms with Crippen LogP contribution in [0.4, 0.5) is 0 Å². The van der Waals surface area contributed by atoms with Crippen LogP contribution < -0.4 is 11.1 Å². The Morgan fingerprint density at radius 3 is 2.95 bits per heavy atom. The highest BCUT2D eigenvalue weighted by molar-refractivity contribution is 7.09. The summed E-state index contributed by atoms with van der Waals surface area (Å²) in [6, 6.07) is 5.31. The van der Waals surface area contributed by atoms with Gasteiger partial charge in [-0.1, -0.05) is 28.9 Å². The third-order valence-electron chi connectivity index (χ3n) is 2.55. The molecule has 0 saturated heterocycles. The first-order valence-electron chi connectivity index (χ1n) is 5.55. The number of nitrogens with one attached hydrogen (secondary N) is 1. The Labute approximate surface area is 119 Å². The Bertz CT molecular complexity index is 571. The molecule has 19 heavy (non-hydrogen) atoms. The molecule has 0 unspecified atom stereocenters. The van der Waals surface area contributed by atoms with Gasteiger partial charge in [-0.2, -0.15) is 0 Å². The van der Waals surface area contributed by atoms with Crippen LogP contribution in [0.5, 0.6) is 0 Å². The van der Waals surface area contributed by atoms with E-state index in [9.17, 15) is 0 Å². The van der Waals surface area contributed by atoms with Gasteiger partial charge in [-0.15, -0.1) is 11.3 Å². The maximum atomic E-state index is 8.60. The second-order valence-corrected chi connectivity index (χ2v) is 5.24. The van der Waals surface area contributed by atoms with Crippen molar-refractivity contribution < 1.29 is 5.21 Å². The normalized spacial score (nSPS) is 11.7. The van der Waals surface area contributed by atoms with Gasteiger partial charge in [0.25, 0.3) is 0 Å². The van der Waals surface area contributed by atoms with E-state index in [1.165, 1.54) is 4.88 Å². The first kappa shape index (κ1) is 13.8. The molecule has 5 nitrogen and oxygen atoms in total. The van der Waals surface area contributed by atoms with E-state index < -0.39 is 0 Å². The van der Waals surface area contributed by atoms with E-state index in [-0.39, 0.29) is 5.84 Å². The molecule has 1 heterocycles. The number of amidine groups is 1. The Morgan fingerprint density at radius 1 is 1.47 bits per heavy atom. The third kappa shape index (κ3) is 3.66. The monoisotopic (exact) mass is 296 g/mol. The van der Waals surface area contributed by atoms with Gasteiger partial charge in [-0.25, -0.2) is 0 Å². The molecule has 0 atom stereocenters. The lowest BCUT2D eigenvalue weighted by atomic mass is 10.1. The average Bonchev–Trinajstić information content (AvgIpc) is 2.93. The minimum atomic E-state index is 0.0473. The van der Waals surface area contributed by atoms with E-state index in [4.69, 9.17) is 22.5 Å². The minimum absolute atomic E-state index is 0.0473. The number of nitrogens with zero attached hydrogens (tertiary/aromatic N) is 2. The van der Waals surface area contributed by atoms with Gasteiger partial charge in [0, 0.05) is 34.7 Å². The van der Waals surface area contributed by atoms with Crippen LogP contribution in [0.3, 0.4) is 0 Å².